The van der Waals surface area contributed by atoms with Gasteiger partial charge in [0.2, 0.25) is 0 Å². The Labute approximate surface area is 178 Å². The van der Waals surface area contributed by atoms with Crippen LogP contribution < -0.4 is 10.6 Å². The van der Waals surface area contributed by atoms with Gasteiger partial charge >= 0.3 is 6.18 Å². The average Bonchev–Trinajstić information content (AvgIpc) is 3.16. The van der Waals surface area contributed by atoms with Crippen molar-refractivity contribution in [1.29, 1.82) is 5.26 Å². The molecule has 0 spiro atoms. The number of nitrogens with one attached hydrogen (secondary N) is 3. The van der Waals surface area contributed by atoms with E-state index in [9.17, 15) is 22.8 Å². The number of nitriles is 1. The van der Waals surface area contributed by atoms with E-state index in [-0.39, 0.29) is 17.2 Å². The molecule has 0 aliphatic rings. The van der Waals surface area contributed by atoms with Gasteiger partial charge in [-0.25, -0.2) is 9.37 Å². The van der Waals surface area contributed by atoms with Crippen molar-refractivity contribution in [3.05, 3.63) is 76.8 Å². The lowest BCUT2D eigenvalue weighted by Crippen LogP contribution is -2.08. The SMILES string of the molecule is N#Cc1cc(Nc2ccc(C(F)(F)F)c(F)c2)cc(Nc2cc(Cl)c3cc[nH]c3c2)n1. The summed E-state index contributed by atoms with van der Waals surface area (Å²) >= 11 is 6.27. The Morgan fingerprint density at radius 3 is 2.45 bits per heavy atom. The number of alkyl halides is 3. The standard InChI is InChI=1S/C21H12ClF4N5/c22-17-6-13(8-19-15(17)3-4-28-19)30-20-9-12(5-14(10-27)31-20)29-11-1-2-16(18(23)7-11)21(24,25)26/h1-9,28H,(H2,29,30,31). The van der Waals surface area contributed by atoms with Crippen LogP contribution in [0, 0.1) is 17.1 Å². The molecule has 3 N–H and O–H groups in total. The van der Waals surface area contributed by atoms with Crippen LogP contribution in [0.25, 0.3) is 10.9 Å². The smallest absolute Gasteiger partial charge is 0.361 e. The Kier molecular flexibility index (Phi) is 5.17. The van der Waals surface area contributed by atoms with Gasteiger partial charge in [-0.1, -0.05) is 11.6 Å². The summed E-state index contributed by atoms with van der Waals surface area (Å²) in [7, 11) is 0. The molecule has 2 heterocycles. The van der Waals surface area contributed by atoms with Gasteiger partial charge in [0.05, 0.1) is 10.6 Å². The summed E-state index contributed by atoms with van der Waals surface area (Å²) in [5.74, 6) is -1.12. The zero-order chi connectivity index (χ0) is 22.2. The molecule has 0 bridgehead atoms. The Morgan fingerprint density at radius 2 is 1.74 bits per heavy atom. The van der Waals surface area contributed by atoms with Gasteiger partial charge in [0.15, 0.2) is 0 Å². The molecule has 0 unspecified atom stereocenters. The van der Waals surface area contributed by atoms with Crippen molar-refractivity contribution >= 4 is 45.4 Å². The largest absolute Gasteiger partial charge is 0.419 e. The number of halogens is 5. The number of aromatic amines is 1. The average molecular weight is 446 g/mol. The van der Waals surface area contributed by atoms with Crippen molar-refractivity contribution in [1.82, 2.24) is 9.97 Å². The molecule has 4 rings (SSSR count). The predicted octanol–water partition coefficient (Wildman–Crippen LogP) is 6.73. The van der Waals surface area contributed by atoms with E-state index in [2.05, 4.69) is 20.6 Å². The van der Waals surface area contributed by atoms with Crippen molar-refractivity contribution in [2.75, 3.05) is 10.6 Å². The van der Waals surface area contributed by atoms with E-state index in [1.807, 2.05) is 12.1 Å². The fourth-order valence-corrected chi connectivity index (χ4v) is 3.34. The van der Waals surface area contributed by atoms with E-state index in [1.165, 1.54) is 12.1 Å². The van der Waals surface area contributed by atoms with E-state index in [4.69, 9.17) is 11.6 Å². The molecule has 156 valence electrons. The Bertz CT molecular complexity index is 1320. The third kappa shape index (κ3) is 4.39. The lowest BCUT2D eigenvalue weighted by atomic mass is 10.1. The number of fused-ring (bicyclic) bond motifs is 1. The normalized spacial score (nSPS) is 11.4. The van der Waals surface area contributed by atoms with E-state index in [0.717, 1.165) is 23.0 Å². The second kappa shape index (κ2) is 7.81. The Hall–Kier alpha value is -3.77. The minimum atomic E-state index is -4.79. The first-order valence-electron chi connectivity index (χ1n) is 8.82. The van der Waals surface area contributed by atoms with Gasteiger partial charge < -0.3 is 15.6 Å². The number of nitrogens with zero attached hydrogens (tertiary/aromatic N) is 2. The lowest BCUT2D eigenvalue weighted by Gasteiger charge is -2.13. The first-order chi connectivity index (χ1) is 14.7. The van der Waals surface area contributed by atoms with Gasteiger partial charge in [-0.3, -0.25) is 0 Å². The van der Waals surface area contributed by atoms with Crippen LogP contribution >= 0.6 is 11.6 Å². The van der Waals surface area contributed by atoms with Crippen LogP contribution in [-0.2, 0) is 6.18 Å². The Morgan fingerprint density at radius 1 is 0.968 bits per heavy atom. The molecule has 31 heavy (non-hydrogen) atoms. The van der Waals surface area contributed by atoms with E-state index in [1.54, 1.807) is 18.3 Å². The molecule has 0 radical (unpaired) electrons. The topological polar surface area (TPSA) is 76.5 Å². The molecule has 0 fully saturated rings. The molecular formula is C21H12ClF4N5. The van der Waals surface area contributed by atoms with Crippen LogP contribution in [0.4, 0.5) is 40.4 Å². The van der Waals surface area contributed by atoms with Crippen LogP contribution in [0.1, 0.15) is 11.3 Å². The summed E-state index contributed by atoms with van der Waals surface area (Å²) in [6, 6.07) is 12.7. The molecule has 2 aromatic carbocycles. The van der Waals surface area contributed by atoms with Crippen molar-refractivity contribution in [2.45, 2.75) is 6.18 Å². The molecule has 0 saturated heterocycles. The fourth-order valence-electron chi connectivity index (χ4n) is 3.05. The molecule has 5 nitrogen and oxygen atoms in total. The number of aromatic nitrogens is 2. The van der Waals surface area contributed by atoms with Crippen LogP contribution in [0.2, 0.25) is 5.02 Å². The molecule has 2 aromatic heterocycles. The highest BCUT2D eigenvalue weighted by molar-refractivity contribution is 6.35. The monoisotopic (exact) mass is 445 g/mol. The predicted molar refractivity (Wildman–Crippen MR) is 110 cm³/mol. The fraction of sp³-hybridized carbons (Fsp3) is 0.0476. The number of hydrogen-bond donors (Lipinski definition) is 3. The maximum Gasteiger partial charge on any atom is 0.419 e. The quantitative estimate of drug-likeness (QED) is 0.304. The van der Waals surface area contributed by atoms with Gasteiger partial charge in [0.25, 0.3) is 0 Å². The van der Waals surface area contributed by atoms with Crippen LogP contribution in [0.5, 0.6) is 0 Å². The van der Waals surface area contributed by atoms with Crippen molar-refractivity contribution in [2.24, 2.45) is 0 Å². The highest BCUT2D eigenvalue weighted by atomic mass is 35.5. The van der Waals surface area contributed by atoms with E-state index >= 15 is 0 Å². The zero-order valence-corrected chi connectivity index (χ0v) is 16.2. The van der Waals surface area contributed by atoms with E-state index in [0.29, 0.717) is 22.5 Å². The van der Waals surface area contributed by atoms with Gasteiger partial charge in [-0.15, -0.1) is 0 Å². The second-order valence-corrected chi connectivity index (χ2v) is 6.98. The second-order valence-electron chi connectivity index (χ2n) is 6.58. The summed E-state index contributed by atoms with van der Waals surface area (Å²) in [5, 5.41) is 16.5. The molecule has 0 aliphatic carbocycles. The molecular weight excluding hydrogens is 434 g/mol. The van der Waals surface area contributed by atoms with Crippen molar-refractivity contribution in [3.63, 3.8) is 0 Å². The van der Waals surface area contributed by atoms with Crippen molar-refractivity contribution < 1.29 is 17.6 Å². The maximum atomic E-state index is 13.8. The zero-order valence-electron chi connectivity index (χ0n) is 15.5. The first-order valence-corrected chi connectivity index (χ1v) is 9.20. The molecule has 0 saturated carbocycles. The minimum absolute atomic E-state index is 0.0481. The van der Waals surface area contributed by atoms with Gasteiger partial charge in [0, 0.05) is 40.2 Å². The Balaban J connectivity index is 1.63. The first kappa shape index (κ1) is 20.5. The van der Waals surface area contributed by atoms with Crippen LogP contribution in [0.15, 0.2) is 54.7 Å². The minimum Gasteiger partial charge on any atom is -0.361 e. The maximum absolute atomic E-state index is 13.8. The summed E-state index contributed by atoms with van der Waals surface area (Å²) < 4.78 is 52.1. The summed E-state index contributed by atoms with van der Waals surface area (Å²) in [6.45, 7) is 0. The van der Waals surface area contributed by atoms with E-state index < -0.39 is 17.6 Å². The number of anilines is 4. The third-order valence-electron chi connectivity index (χ3n) is 4.39. The van der Waals surface area contributed by atoms with Crippen LogP contribution in [-0.4, -0.2) is 9.97 Å². The molecule has 0 atom stereocenters. The highest BCUT2D eigenvalue weighted by Gasteiger charge is 2.33. The van der Waals surface area contributed by atoms with Crippen LogP contribution in [0.3, 0.4) is 0 Å². The number of pyridine rings is 1. The van der Waals surface area contributed by atoms with Gasteiger partial charge in [-0.05, 0) is 42.5 Å². The number of benzene rings is 2. The number of H-pyrrole nitrogens is 1. The number of rotatable bonds is 4. The molecule has 0 amide bonds. The van der Waals surface area contributed by atoms with Gasteiger partial charge in [-0.2, -0.15) is 18.4 Å². The third-order valence-corrected chi connectivity index (χ3v) is 4.71. The summed E-state index contributed by atoms with van der Waals surface area (Å²) in [5.41, 5.74) is 0.512. The molecule has 4 aromatic rings. The van der Waals surface area contributed by atoms with Gasteiger partial charge in [0.1, 0.15) is 23.4 Å². The number of hydrogen-bond acceptors (Lipinski definition) is 4. The highest BCUT2D eigenvalue weighted by Crippen LogP contribution is 2.33. The molecule has 10 heteroatoms. The summed E-state index contributed by atoms with van der Waals surface area (Å²) in [4.78, 5) is 7.21. The van der Waals surface area contributed by atoms with Crippen molar-refractivity contribution in [3.8, 4) is 6.07 Å². The lowest BCUT2D eigenvalue weighted by molar-refractivity contribution is -0.139. The summed E-state index contributed by atoms with van der Waals surface area (Å²) in [6.07, 6.45) is -3.04. The molecule has 0 aliphatic heterocycles.